The maximum Gasteiger partial charge on any atom is 0.288 e. The van der Waals surface area contributed by atoms with E-state index < -0.39 is 29.7 Å². The van der Waals surface area contributed by atoms with Crippen molar-refractivity contribution in [1.29, 1.82) is 0 Å². The third-order valence-electron chi connectivity index (χ3n) is 10.1. The Bertz CT molecular complexity index is 2040. The fourth-order valence-electron chi connectivity index (χ4n) is 6.76. The first kappa shape index (κ1) is 51.9. The molecule has 0 aliphatic heterocycles. The topological polar surface area (TPSA) is 233 Å². The van der Waals surface area contributed by atoms with E-state index in [9.17, 15) is 39.2 Å². The summed E-state index contributed by atoms with van der Waals surface area (Å²) in [5.74, 6) is -0.696. The molecule has 4 aromatic rings. The SMILES string of the molecule is CCCCC[C@@H](C(=O)NCNC(=O)c1ccc(-c2ccccc2)o1)[C@@H](CC)N(O)C=O.CCCCC[C@H](CN(O)C=O)C(=O)NCNC(=O)c1ccc(-c2cccc(OC(C)C)c2)o1. The fourth-order valence-corrected chi connectivity index (χ4v) is 6.76. The zero-order valence-electron chi connectivity index (χ0n) is 37.4. The molecule has 0 aliphatic rings. The monoisotopic (exact) mass is 888 g/mol. The zero-order valence-corrected chi connectivity index (χ0v) is 37.4. The number of hydrogen-bond acceptors (Lipinski definition) is 11. The number of furan rings is 2. The highest BCUT2D eigenvalue weighted by Crippen LogP contribution is 2.27. The second-order valence-electron chi connectivity index (χ2n) is 15.3. The number of rotatable bonds is 27. The third kappa shape index (κ3) is 17.4. The second kappa shape index (κ2) is 28.3. The average Bonchev–Trinajstić information content (AvgIpc) is 4.01. The van der Waals surface area contributed by atoms with Crippen molar-refractivity contribution in [3.05, 3.63) is 90.4 Å². The Hall–Kier alpha value is -6.46. The van der Waals surface area contributed by atoms with Gasteiger partial charge in [-0.2, -0.15) is 0 Å². The molecule has 17 nitrogen and oxygen atoms in total. The average molecular weight is 889 g/mol. The van der Waals surface area contributed by atoms with Gasteiger partial charge in [0.25, 0.3) is 11.8 Å². The lowest BCUT2D eigenvalue weighted by Crippen LogP contribution is -2.47. The molecule has 0 fully saturated rings. The highest BCUT2D eigenvalue weighted by Gasteiger charge is 2.30. The van der Waals surface area contributed by atoms with E-state index in [4.69, 9.17) is 13.6 Å². The summed E-state index contributed by atoms with van der Waals surface area (Å²) in [6.45, 7) is 9.49. The molecular formula is C47H64N6O11. The molecule has 2 heterocycles. The molecule has 348 valence electrons. The van der Waals surface area contributed by atoms with Gasteiger partial charge in [0.1, 0.15) is 17.3 Å². The summed E-state index contributed by atoms with van der Waals surface area (Å²) in [4.78, 5) is 71.6. The minimum absolute atomic E-state index is 0.0403. The molecule has 17 heteroatoms. The Morgan fingerprint density at radius 1 is 0.672 bits per heavy atom. The van der Waals surface area contributed by atoms with Crippen molar-refractivity contribution in [2.45, 2.75) is 105 Å². The highest BCUT2D eigenvalue weighted by molar-refractivity contribution is 5.93. The summed E-state index contributed by atoms with van der Waals surface area (Å²) >= 11 is 0. The first-order valence-electron chi connectivity index (χ1n) is 21.8. The number of amides is 6. The molecule has 4 rings (SSSR count). The van der Waals surface area contributed by atoms with Crippen LogP contribution in [0.1, 0.15) is 114 Å². The quantitative estimate of drug-likeness (QED) is 0.0116. The van der Waals surface area contributed by atoms with Crippen molar-refractivity contribution in [3.8, 4) is 28.4 Å². The van der Waals surface area contributed by atoms with Crippen molar-refractivity contribution in [2.24, 2.45) is 11.8 Å². The van der Waals surface area contributed by atoms with Crippen LogP contribution in [0.4, 0.5) is 0 Å². The van der Waals surface area contributed by atoms with E-state index in [0.717, 1.165) is 49.7 Å². The fraction of sp³-hybridized carbons (Fsp3) is 0.447. The van der Waals surface area contributed by atoms with E-state index in [1.807, 2.05) is 75.4 Å². The number of ether oxygens (including phenoxy) is 1. The van der Waals surface area contributed by atoms with E-state index in [1.54, 1.807) is 31.2 Å². The minimum atomic E-state index is -0.622. The summed E-state index contributed by atoms with van der Waals surface area (Å²) in [6, 6.07) is 22.7. The number of unbranched alkanes of at least 4 members (excludes halogenated alkanes) is 4. The van der Waals surface area contributed by atoms with Crippen molar-refractivity contribution >= 4 is 36.4 Å². The van der Waals surface area contributed by atoms with Gasteiger partial charge in [0, 0.05) is 11.1 Å². The molecule has 6 amide bonds. The summed E-state index contributed by atoms with van der Waals surface area (Å²) in [6.07, 6.45) is 7.59. The van der Waals surface area contributed by atoms with E-state index >= 15 is 0 Å². The molecule has 0 saturated carbocycles. The number of carbonyl (C=O) groups excluding carboxylic acids is 6. The van der Waals surface area contributed by atoms with Crippen LogP contribution in [0.3, 0.4) is 0 Å². The van der Waals surface area contributed by atoms with Crippen LogP contribution in [0.5, 0.6) is 5.75 Å². The van der Waals surface area contributed by atoms with Crippen LogP contribution >= 0.6 is 0 Å². The smallest absolute Gasteiger partial charge is 0.288 e. The molecule has 64 heavy (non-hydrogen) atoms. The normalized spacial score (nSPS) is 12.1. The van der Waals surface area contributed by atoms with E-state index in [0.29, 0.717) is 53.1 Å². The lowest BCUT2D eigenvalue weighted by atomic mass is 9.90. The molecular weight excluding hydrogens is 825 g/mol. The molecule has 0 bridgehead atoms. The number of nitrogens with one attached hydrogen (secondary N) is 4. The number of carbonyl (C=O) groups is 6. The van der Waals surface area contributed by atoms with E-state index in [-0.39, 0.29) is 55.7 Å². The summed E-state index contributed by atoms with van der Waals surface area (Å²) < 4.78 is 17.0. The van der Waals surface area contributed by atoms with Crippen molar-refractivity contribution in [3.63, 3.8) is 0 Å². The Morgan fingerprint density at radius 2 is 1.23 bits per heavy atom. The molecule has 0 aliphatic carbocycles. The number of benzene rings is 2. The summed E-state index contributed by atoms with van der Waals surface area (Å²) in [5.41, 5.74) is 1.64. The lowest BCUT2D eigenvalue weighted by Gasteiger charge is -2.29. The number of hydrogen-bond donors (Lipinski definition) is 6. The molecule has 0 unspecified atom stereocenters. The first-order chi connectivity index (χ1) is 30.8. The number of nitrogens with zero attached hydrogens (tertiary/aromatic N) is 2. The summed E-state index contributed by atoms with van der Waals surface area (Å²) in [7, 11) is 0. The molecule has 0 spiro atoms. The zero-order chi connectivity index (χ0) is 46.9. The van der Waals surface area contributed by atoms with Crippen LogP contribution in [-0.4, -0.2) is 89.0 Å². The summed E-state index contributed by atoms with van der Waals surface area (Å²) in [5, 5.41) is 30.8. The van der Waals surface area contributed by atoms with Crippen LogP contribution in [0.25, 0.3) is 22.6 Å². The second-order valence-corrected chi connectivity index (χ2v) is 15.3. The van der Waals surface area contributed by atoms with Crippen LogP contribution in [0, 0.1) is 11.8 Å². The van der Waals surface area contributed by atoms with Gasteiger partial charge in [-0.25, -0.2) is 10.1 Å². The lowest BCUT2D eigenvalue weighted by molar-refractivity contribution is -0.168. The van der Waals surface area contributed by atoms with Gasteiger partial charge in [-0.3, -0.25) is 39.2 Å². The highest BCUT2D eigenvalue weighted by atomic mass is 16.5. The Labute approximate surface area is 374 Å². The standard InChI is InChI=1S/C24H33N3O6.C23H31N3O5/c1-4-5-6-8-19(14-27(31)16-28)23(29)25-15-26-24(30)22-12-11-21(33-22)18-9-7-10-20(13-18)32-17(2)3;1-3-5-7-12-18(19(4-2)26(30)16-27)22(28)24-15-25-23(29)21-14-13-20(31-21)17-10-8-6-9-11-17/h7,9-13,16-17,19,31H,4-6,8,14-15H2,1-3H3,(H,25,29)(H,26,30);6,8-11,13-14,16,18-19,30H,3-5,7,12,15H2,1-2H3,(H,24,28)(H,25,29)/t19-;18-,19-/m11/s1. The maximum absolute atomic E-state index is 12.7. The van der Waals surface area contributed by atoms with Crippen LogP contribution < -0.4 is 26.0 Å². The Balaban J connectivity index is 0.000000341. The van der Waals surface area contributed by atoms with E-state index in [1.165, 1.54) is 0 Å². The molecule has 0 saturated heterocycles. The van der Waals surface area contributed by atoms with Crippen LogP contribution in [0.2, 0.25) is 0 Å². The first-order valence-corrected chi connectivity index (χ1v) is 21.8. The number of hydroxylamine groups is 4. The maximum atomic E-state index is 12.7. The minimum Gasteiger partial charge on any atom is -0.491 e. The van der Waals surface area contributed by atoms with Gasteiger partial charge in [-0.05, 0) is 69.5 Å². The van der Waals surface area contributed by atoms with Gasteiger partial charge in [-0.1, -0.05) is 102 Å². The van der Waals surface area contributed by atoms with Gasteiger partial charge in [0.15, 0.2) is 11.5 Å². The van der Waals surface area contributed by atoms with Gasteiger partial charge >= 0.3 is 0 Å². The molecule has 3 atom stereocenters. The predicted molar refractivity (Wildman–Crippen MR) is 239 cm³/mol. The van der Waals surface area contributed by atoms with Gasteiger partial charge < -0.3 is 34.8 Å². The van der Waals surface area contributed by atoms with E-state index in [2.05, 4.69) is 28.2 Å². The van der Waals surface area contributed by atoms with Crippen molar-refractivity contribution in [2.75, 3.05) is 19.9 Å². The van der Waals surface area contributed by atoms with Crippen LogP contribution in [-0.2, 0) is 19.2 Å². The molecule has 2 aromatic carbocycles. The van der Waals surface area contributed by atoms with Gasteiger partial charge in [0.05, 0.1) is 43.9 Å². The van der Waals surface area contributed by atoms with Crippen molar-refractivity contribution < 1.29 is 52.8 Å². The van der Waals surface area contributed by atoms with Crippen molar-refractivity contribution in [1.82, 2.24) is 31.4 Å². The Morgan fingerprint density at radius 3 is 1.78 bits per heavy atom. The molecule has 0 radical (unpaired) electrons. The van der Waals surface area contributed by atoms with Crippen LogP contribution in [0.15, 0.2) is 87.7 Å². The largest absolute Gasteiger partial charge is 0.491 e. The molecule has 2 aromatic heterocycles. The Kier molecular flexibility index (Phi) is 22.9. The molecule has 6 N–H and O–H groups in total. The third-order valence-corrected chi connectivity index (χ3v) is 10.1. The predicted octanol–water partition coefficient (Wildman–Crippen LogP) is 7.15. The van der Waals surface area contributed by atoms with Gasteiger partial charge in [-0.15, -0.1) is 0 Å². The van der Waals surface area contributed by atoms with Gasteiger partial charge in [0.2, 0.25) is 24.6 Å².